The summed E-state index contributed by atoms with van der Waals surface area (Å²) >= 11 is 0. The normalized spacial score (nSPS) is 16.1. The highest BCUT2D eigenvalue weighted by atomic mass is 19.1. The summed E-state index contributed by atoms with van der Waals surface area (Å²) in [4.78, 5) is 0. The van der Waals surface area contributed by atoms with Crippen LogP contribution in [0.2, 0.25) is 0 Å². The van der Waals surface area contributed by atoms with Gasteiger partial charge in [0.15, 0.2) is 0 Å². The molecule has 2 heteroatoms. The maximum Gasteiger partial charge on any atom is 0.0947 e. The van der Waals surface area contributed by atoms with Crippen LogP contribution in [0.15, 0.2) is 0 Å². The van der Waals surface area contributed by atoms with Gasteiger partial charge in [-0.05, 0) is 13.8 Å². The molecule has 1 N–H and O–H groups in total. The summed E-state index contributed by atoms with van der Waals surface area (Å²) in [5.74, 6) is -0.262. The first-order chi connectivity index (χ1) is 3.48. The van der Waals surface area contributed by atoms with Crippen LogP contribution >= 0.6 is 0 Å². The van der Waals surface area contributed by atoms with Gasteiger partial charge in [0.1, 0.15) is 0 Å². The topological polar surface area (TPSA) is 20.2 Å². The van der Waals surface area contributed by atoms with Crippen molar-refractivity contribution < 1.29 is 9.50 Å². The molecule has 0 fully saturated rings. The number of alkyl halides is 1. The smallest absolute Gasteiger partial charge is 0.0947 e. The van der Waals surface area contributed by atoms with Gasteiger partial charge in [0, 0.05) is 5.92 Å². The van der Waals surface area contributed by atoms with Crippen molar-refractivity contribution >= 4 is 0 Å². The van der Waals surface area contributed by atoms with Crippen LogP contribution in [0, 0.1) is 5.92 Å². The summed E-state index contributed by atoms with van der Waals surface area (Å²) in [6.07, 6.45) is 0. The van der Waals surface area contributed by atoms with E-state index >= 15 is 0 Å². The third kappa shape index (κ3) is 2.26. The van der Waals surface area contributed by atoms with E-state index in [-0.39, 0.29) is 5.92 Å². The maximum atomic E-state index is 11.7. The third-order valence-corrected chi connectivity index (χ3v) is 1.44. The third-order valence-electron chi connectivity index (χ3n) is 1.44. The molecule has 0 saturated carbocycles. The van der Waals surface area contributed by atoms with Gasteiger partial charge in [-0.25, -0.2) is 0 Å². The molecule has 1 unspecified atom stereocenters. The summed E-state index contributed by atoms with van der Waals surface area (Å²) in [5, 5.41) is 9.05. The van der Waals surface area contributed by atoms with Crippen LogP contribution in [0.4, 0.5) is 4.39 Å². The Morgan fingerprint density at radius 3 is 2.00 bits per heavy atom. The highest BCUT2D eigenvalue weighted by Crippen LogP contribution is 2.14. The van der Waals surface area contributed by atoms with Crippen LogP contribution in [-0.2, 0) is 0 Å². The van der Waals surface area contributed by atoms with Crippen molar-refractivity contribution in [2.24, 2.45) is 5.92 Å². The van der Waals surface area contributed by atoms with Gasteiger partial charge in [0.25, 0.3) is 0 Å². The van der Waals surface area contributed by atoms with Crippen LogP contribution in [0.25, 0.3) is 0 Å². The second-order valence-corrected chi connectivity index (χ2v) is 2.71. The molecule has 0 heterocycles. The van der Waals surface area contributed by atoms with E-state index in [1.807, 2.05) is 0 Å². The van der Waals surface area contributed by atoms with E-state index in [1.165, 1.54) is 0 Å². The zero-order valence-corrected chi connectivity index (χ0v) is 5.61. The molecule has 0 aromatic heterocycles. The quantitative estimate of drug-likeness (QED) is 0.583. The van der Waals surface area contributed by atoms with Crippen molar-refractivity contribution in [3.63, 3.8) is 0 Å². The molecule has 1 atom stereocenters. The zero-order chi connectivity index (χ0) is 6.78. The number of aliphatic hydroxyl groups is 1. The average Bonchev–Trinajstić information content (AvgIpc) is 1.62. The Morgan fingerprint density at radius 1 is 1.62 bits per heavy atom. The molecule has 0 amide bonds. The van der Waals surface area contributed by atoms with E-state index in [2.05, 4.69) is 0 Å². The first-order valence-electron chi connectivity index (χ1n) is 2.77. The molecule has 0 aliphatic carbocycles. The second kappa shape index (κ2) is 2.44. The highest BCUT2D eigenvalue weighted by molar-refractivity contribution is 4.71. The first kappa shape index (κ1) is 7.89. The molecule has 0 aromatic carbocycles. The number of hydrogen-bond acceptors (Lipinski definition) is 1. The predicted octanol–water partition coefficient (Wildman–Crippen LogP) is 1.36. The van der Waals surface area contributed by atoms with Crippen molar-refractivity contribution in [1.82, 2.24) is 0 Å². The molecule has 0 rings (SSSR count). The van der Waals surface area contributed by atoms with Gasteiger partial charge in [-0.2, -0.15) is 0 Å². The van der Waals surface area contributed by atoms with Gasteiger partial charge in [-0.3, -0.25) is 4.39 Å². The molecule has 0 aliphatic heterocycles. The van der Waals surface area contributed by atoms with Gasteiger partial charge in [0.05, 0.1) is 12.3 Å². The molecular weight excluding hydrogens is 107 g/mol. The minimum absolute atomic E-state index is 0.262. The van der Waals surface area contributed by atoms with Gasteiger partial charge in [0.2, 0.25) is 0 Å². The molecule has 0 radical (unpaired) electrons. The predicted molar refractivity (Wildman–Crippen MR) is 31.4 cm³/mol. The van der Waals surface area contributed by atoms with Gasteiger partial charge < -0.3 is 5.11 Å². The van der Waals surface area contributed by atoms with Crippen LogP contribution in [0.3, 0.4) is 0 Å². The first-order valence-corrected chi connectivity index (χ1v) is 2.77. The minimum Gasteiger partial charge on any atom is -0.390 e. The molecule has 0 spiro atoms. The summed E-state index contributed by atoms with van der Waals surface area (Å²) in [5.41, 5.74) is -0.866. The maximum absolute atomic E-state index is 11.7. The fourth-order valence-corrected chi connectivity index (χ4v) is 0.189. The van der Waals surface area contributed by atoms with Crippen LogP contribution in [0.5, 0.6) is 0 Å². The van der Waals surface area contributed by atoms with E-state index in [9.17, 15) is 4.39 Å². The Balaban J connectivity index is 3.62. The molecule has 0 aromatic rings. The summed E-state index contributed by atoms with van der Waals surface area (Å²) in [6.45, 7) is 4.44. The molecule has 0 aliphatic rings. The van der Waals surface area contributed by atoms with Crippen LogP contribution < -0.4 is 0 Å². The number of hydrogen-bond donors (Lipinski definition) is 1. The standard InChI is InChI=1S/C6H13FO/c1-5(4-7)6(2,3)8/h5,8H,4H2,1-3H3. The molecule has 0 saturated heterocycles. The van der Waals surface area contributed by atoms with Gasteiger partial charge in [-0.15, -0.1) is 0 Å². The average molecular weight is 120 g/mol. The summed E-state index contributed by atoms with van der Waals surface area (Å²) in [7, 11) is 0. The van der Waals surface area contributed by atoms with E-state index in [0.29, 0.717) is 0 Å². The minimum atomic E-state index is -0.866. The molecular formula is C6H13FO. The lowest BCUT2D eigenvalue weighted by Gasteiger charge is -2.22. The fraction of sp³-hybridized carbons (Fsp3) is 1.00. The van der Waals surface area contributed by atoms with Crippen LogP contribution in [-0.4, -0.2) is 17.4 Å². The number of halogens is 1. The van der Waals surface area contributed by atoms with Crippen molar-refractivity contribution in [2.45, 2.75) is 26.4 Å². The van der Waals surface area contributed by atoms with E-state index in [4.69, 9.17) is 5.11 Å². The molecule has 1 nitrogen and oxygen atoms in total. The Hall–Kier alpha value is -0.110. The van der Waals surface area contributed by atoms with Gasteiger partial charge in [-0.1, -0.05) is 6.92 Å². The Labute approximate surface area is 49.5 Å². The highest BCUT2D eigenvalue weighted by Gasteiger charge is 2.21. The monoisotopic (exact) mass is 120 g/mol. The molecule has 0 bridgehead atoms. The Bertz CT molecular complexity index is 65.4. The molecule has 8 heavy (non-hydrogen) atoms. The van der Waals surface area contributed by atoms with Crippen molar-refractivity contribution in [3.05, 3.63) is 0 Å². The summed E-state index contributed by atoms with van der Waals surface area (Å²) < 4.78 is 11.7. The second-order valence-electron chi connectivity index (χ2n) is 2.71. The summed E-state index contributed by atoms with van der Waals surface area (Å²) in [6, 6.07) is 0. The van der Waals surface area contributed by atoms with Crippen LogP contribution in [0.1, 0.15) is 20.8 Å². The van der Waals surface area contributed by atoms with E-state index < -0.39 is 12.3 Å². The Kier molecular flexibility index (Phi) is 2.41. The zero-order valence-electron chi connectivity index (χ0n) is 5.61. The van der Waals surface area contributed by atoms with Crippen molar-refractivity contribution in [1.29, 1.82) is 0 Å². The fourth-order valence-electron chi connectivity index (χ4n) is 0.189. The van der Waals surface area contributed by atoms with E-state index in [1.54, 1.807) is 20.8 Å². The van der Waals surface area contributed by atoms with E-state index in [0.717, 1.165) is 0 Å². The largest absolute Gasteiger partial charge is 0.390 e. The lowest BCUT2D eigenvalue weighted by Crippen LogP contribution is -2.29. The lowest BCUT2D eigenvalue weighted by atomic mass is 9.95. The van der Waals surface area contributed by atoms with Crippen molar-refractivity contribution in [2.75, 3.05) is 6.67 Å². The van der Waals surface area contributed by atoms with Crippen molar-refractivity contribution in [3.8, 4) is 0 Å². The Morgan fingerprint density at radius 2 is 2.00 bits per heavy atom. The lowest BCUT2D eigenvalue weighted by molar-refractivity contribution is 0.0148. The SMILES string of the molecule is CC(CF)C(C)(C)O. The van der Waals surface area contributed by atoms with Gasteiger partial charge >= 0.3 is 0 Å². The number of rotatable bonds is 2. The molecule has 50 valence electrons.